The Morgan fingerprint density at radius 2 is 1.45 bits per heavy atom. The predicted octanol–water partition coefficient (Wildman–Crippen LogP) is 5.68. The van der Waals surface area contributed by atoms with Crippen molar-refractivity contribution in [2.75, 3.05) is 0 Å². The molecule has 0 unspecified atom stereocenters. The van der Waals surface area contributed by atoms with Crippen molar-refractivity contribution in [1.29, 1.82) is 0 Å². The van der Waals surface area contributed by atoms with Gasteiger partial charge in [-0.25, -0.2) is 17.6 Å². The van der Waals surface area contributed by atoms with Gasteiger partial charge in [-0.3, -0.25) is 0 Å². The highest BCUT2D eigenvalue weighted by Gasteiger charge is 2.21. The van der Waals surface area contributed by atoms with E-state index < -0.39 is 34.4 Å². The summed E-state index contributed by atoms with van der Waals surface area (Å²) in [5.41, 5.74) is -0.0292. The van der Waals surface area contributed by atoms with Crippen molar-refractivity contribution in [3.8, 4) is 11.1 Å². The molecule has 112 valence electrons. The lowest BCUT2D eigenvalue weighted by Gasteiger charge is -2.11. The van der Waals surface area contributed by atoms with Crippen LogP contribution >= 0.6 is 0 Å². The van der Waals surface area contributed by atoms with E-state index in [2.05, 4.69) is 0 Å². The highest BCUT2D eigenvalue weighted by atomic mass is 19.2. The fourth-order valence-corrected chi connectivity index (χ4v) is 2.54. The number of halogens is 4. The number of aryl methyl sites for hydroxylation is 2. The number of fused-ring (bicyclic) bond motifs is 1. The van der Waals surface area contributed by atoms with Crippen LogP contribution in [0.15, 0.2) is 36.4 Å². The van der Waals surface area contributed by atoms with Crippen LogP contribution in [0.2, 0.25) is 0 Å². The summed E-state index contributed by atoms with van der Waals surface area (Å²) in [6.45, 7) is 3.19. The summed E-state index contributed by atoms with van der Waals surface area (Å²) in [6, 6.07) is 8.45. The van der Waals surface area contributed by atoms with Crippen LogP contribution in [0.5, 0.6) is 0 Å². The summed E-state index contributed by atoms with van der Waals surface area (Å²) in [5, 5.41) is 0.550. The Kier molecular flexibility index (Phi) is 3.39. The molecule has 22 heavy (non-hydrogen) atoms. The SMILES string of the molecule is Cc1ccc2c(F)c(-c3ccc(C)c(F)c3F)c(F)cc2c1. The van der Waals surface area contributed by atoms with Crippen LogP contribution in [0.4, 0.5) is 17.6 Å². The van der Waals surface area contributed by atoms with E-state index in [-0.39, 0.29) is 10.9 Å². The van der Waals surface area contributed by atoms with Crippen LogP contribution in [0.3, 0.4) is 0 Å². The zero-order valence-electron chi connectivity index (χ0n) is 12.0. The molecule has 3 aromatic carbocycles. The maximum absolute atomic E-state index is 14.6. The molecule has 4 heteroatoms. The molecule has 3 aromatic rings. The average molecular weight is 304 g/mol. The normalized spacial score (nSPS) is 11.2. The summed E-state index contributed by atoms with van der Waals surface area (Å²) >= 11 is 0. The molecule has 3 rings (SSSR count). The molecule has 0 atom stereocenters. The fraction of sp³-hybridized carbons (Fsp3) is 0.111. The third kappa shape index (κ3) is 2.15. The number of rotatable bonds is 1. The van der Waals surface area contributed by atoms with Gasteiger partial charge < -0.3 is 0 Å². The molecular formula is C18H12F4. The molecule has 0 saturated heterocycles. The standard InChI is InChI=1S/C18H12F4/c1-9-3-5-12-11(7-9)8-14(19)15(17(12)21)13-6-4-10(2)16(20)18(13)22/h3-8H,1-2H3. The van der Waals surface area contributed by atoms with E-state index in [0.29, 0.717) is 5.39 Å². The molecule has 0 fully saturated rings. The predicted molar refractivity (Wildman–Crippen MR) is 78.7 cm³/mol. The van der Waals surface area contributed by atoms with Gasteiger partial charge in [0.1, 0.15) is 11.6 Å². The second-order valence-corrected chi connectivity index (χ2v) is 5.33. The molecular weight excluding hydrogens is 292 g/mol. The van der Waals surface area contributed by atoms with E-state index in [9.17, 15) is 17.6 Å². The Balaban J connectivity index is 2.37. The first-order chi connectivity index (χ1) is 10.4. The van der Waals surface area contributed by atoms with Crippen molar-refractivity contribution in [1.82, 2.24) is 0 Å². The summed E-state index contributed by atoms with van der Waals surface area (Å²) in [5.74, 6) is -4.15. The van der Waals surface area contributed by atoms with Gasteiger partial charge in [-0.05, 0) is 30.9 Å². The van der Waals surface area contributed by atoms with E-state index in [0.717, 1.165) is 11.6 Å². The van der Waals surface area contributed by atoms with E-state index in [1.165, 1.54) is 25.1 Å². The van der Waals surface area contributed by atoms with Crippen LogP contribution in [0.1, 0.15) is 11.1 Å². The van der Waals surface area contributed by atoms with E-state index in [1.807, 2.05) is 0 Å². The molecule has 0 aliphatic rings. The molecule has 0 nitrogen and oxygen atoms in total. The van der Waals surface area contributed by atoms with Crippen LogP contribution in [-0.2, 0) is 0 Å². The molecule has 0 aliphatic heterocycles. The van der Waals surface area contributed by atoms with Gasteiger partial charge in [0.15, 0.2) is 11.6 Å². The molecule has 0 heterocycles. The second kappa shape index (κ2) is 5.13. The van der Waals surface area contributed by atoms with E-state index in [4.69, 9.17) is 0 Å². The van der Waals surface area contributed by atoms with Crippen LogP contribution in [0, 0.1) is 37.1 Å². The van der Waals surface area contributed by atoms with Crippen molar-refractivity contribution < 1.29 is 17.6 Å². The smallest absolute Gasteiger partial charge is 0.167 e. The lowest BCUT2D eigenvalue weighted by molar-refractivity contribution is 0.503. The quantitative estimate of drug-likeness (QED) is 0.507. The Bertz CT molecular complexity index is 897. The third-order valence-corrected chi connectivity index (χ3v) is 3.73. The minimum absolute atomic E-state index is 0.0819. The maximum atomic E-state index is 14.6. The largest absolute Gasteiger partial charge is 0.206 e. The van der Waals surface area contributed by atoms with Gasteiger partial charge in [-0.15, -0.1) is 0 Å². The zero-order valence-corrected chi connectivity index (χ0v) is 12.0. The first kappa shape index (κ1) is 14.6. The third-order valence-electron chi connectivity index (χ3n) is 3.73. The molecule has 0 radical (unpaired) electrons. The molecule has 0 saturated carbocycles. The second-order valence-electron chi connectivity index (χ2n) is 5.33. The van der Waals surface area contributed by atoms with E-state index >= 15 is 0 Å². The number of hydrogen-bond donors (Lipinski definition) is 0. The van der Waals surface area contributed by atoms with Gasteiger partial charge in [0.25, 0.3) is 0 Å². The Morgan fingerprint density at radius 3 is 2.18 bits per heavy atom. The summed E-state index contributed by atoms with van der Waals surface area (Å²) in [6.07, 6.45) is 0. The van der Waals surface area contributed by atoms with Crippen LogP contribution in [0.25, 0.3) is 21.9 Å². The summed E-state index contributed by atoms with van der Waals surface area (Å²) < 4.78 is 56.7. The minimum Gasteiger partial charge on any atom is -0.206 e. The average Bonchev–Trinajstić information content (AvgIpc) is 2.46. The molecule has 0 aliphatic carbocycles. The molecule has 0 amide bonds. The number of benzene rings is 3. The van der Waals surface area contributed by atoms with Crippen molar-refractivity contribution in [2.24, 2.45) is 0 Å². The Hall–Kier alpha value is -2.36. The van der Waals surface area contributed by atoms with Crippen molar-refractivity contribution in [2.45, 2.75) is 13.8 Å². The minimum atomic E-state index is -1.25. The Labute approximate surface area is 125 Å². The van der Waals surface area contributed by atoms with Crippen molar-refractivity contribution >= 4 is 10.8 Å². The monoisotopic (exact) mass is 304 g/mol. The van der Waals surface area contributed by atoms with Gasteiger partial charge in [0.2, 0.25) is 0 Å². The van der Waals surface area contributed by atoms with Gasteiger partial charge in [-0.2, -0.15) is 0 Å². The molecule has 0 spiro atoms. The highest BCUT2D eigenvalue weighted by Crippen LogP contribution is 2.34. The maximum Gasteiger partial charge on any atom is 0.167 e. The zero-order chi connectivity index (χ0) is 16.0. The lowest BCUT2D eigenvalue weighted by atomic mass is 9.97. The van der Waals surface area contributed by atoms with E-state index in [1.54, 1.807) is 19.1 Å². The van der Waals surface area contributed by atoms with Gasteiger partial charge in [0.05, 0.1) is 5.56 Å². The summed E-state index contributed by atoms with van der Waals surface area (Å²) in [7, 11) is 0. The summed E-state index contributed by atoms with van der Waals surface area (Å²) in [4.78, 5) is 0. The highest BCUT2D eigenvalue weighted by molar-refractivity contribution is 5.89. The van der Waals surface area contributed by atoms with Crippen molar-refractivity contribution in [3.05, 3.63) is 70.8 Å². The van der Waals surface area contributed by atoms with Gasteiger partial charge >= 0.3 is 0 Å². The van der Waals surface area contributed by atoms with Crippen LogP contribution in [-0.4, -0.2) is 0 Å². The molecule has 0 aromatic heterocycles. The number of hydrogen-bond acceptors (Lipinski definition) is 0. The van der Waals surface area contributed by atoms with Gasteiger partial charge in [-0.1, -0.05) is 35.9 Å². The molecule has 0 bridgehead atoms. The Morgan fingerprint density at radius 1 is 0.727 bits per heavy atom. The fourth-order valence-electron chi connectivity index (χ4n) is 2.54. The topological polar surface area (TPSA) is 0 Å². The molecule has 0 N–H and O–H groups in total. The first-order valence-electron chi connectivity index (χ1n) is 6.73. The van der Waals surface area contributed by atoms with Crippen molar-refractivity contribution in [3.63, 3.8) is 0 Å². The van der Waals surface area contributed by atoms with Crippen LogP contribution < -0.4 is 0 Å². The lowest BCUT2D eigenvalue weighted by Crippen LogP contribution is -1.98. The van der Waals surface area contributed by atoms with Gasteiger partial charge in [0, 0.05) is 10.9 Å². The first-order valence-corrected chi connectivity index (χ1v) is 6.73.